The number of halogens is 1. The van der Waals surface area contributed by atoms with Crippen molar-refractivity contribution < 1.29 is 18.7 Å². The average Bonchev–Trinajstić information content (AvgIpc) is 3.27. The van der Waals surface area contributed by atoms with Crippen molar-refractivity contribution in [2.45, 2.75) is 6.92 Å². The summed E-state index contributed by atoms with van der Waals surface area (Å²) >= 11 is 0. The summed E-state index contributed by atoms with van der Waals surface area (Å²) in [6.45, 7) is 2.55. The average molecular weight is 445 g/mol. The number of hydrogen-bond donors (Lipinski definition) is 1. The molecule has 0 fully saturated rings. The number of aromatic nitrogens is 2. The first kappa shape index (κ1) is 22.2. The maximum Gasteiger partial charge on any atom is 0.259 e. The van der Waals surface area contributed by atoms with Gasteiger partial charge in [-0.1, -0.05) is 42.5 Å². The quantitative estimate of drug-likeness (QED) is 0.376. The van der Waals surface area contributed by atoms with Gasteiger partial charge in [-0.25, -0.2) is 9.07 Å². The number of rotatable bonds is 8. The molecule has 0 aliphatic rings. The fourth-order valence-corrected chi connectivity index (χ4v) is 3.42. The van der Waals surface area contributed by atoms with Crippen LogP contribution in [0.1, 0.15) is 15.9 Å². The number of nitrogens with one attached hydrogen (secondary N) is 1. The lowest BCUT2D eigenvalue weighted by molar-refractivity contribution is 0.102. The molecule has 0 atom stereocenters. The molecule has 6 nitrogen and oxygen atoms in total. The zero-order valence-electron chi connectivity index (χ0n) is 18.4. The Morgan fingerprint density at radius 1 is 1.03 bits per heavy atom. The highest BCUT2D eigenvalue weighted by atomic mass is 19.1. The van der Waals surface area contributed by atoms with E-state index in [0.717, 1.165) is 16.8 Å². The highest BCUT2D eigenvalue weighted by Gasteiger charge is 2.20. The maximum absolute atomic E-state index is 14.4. The first-order valence-corrected chi connectivity index (χ1v) is 10.5. The normalized spacial score (nSPS) is 10.8. The molecule has 0 spiro atoms. The van der Waals surface area contributed by atoms with Gasteiger partial charge in [-0.3, -0.25) is 4.79 Å². The minimum absolute atomic E-state index is 0.0996. The van der Waals surface area contributed by atoms with Gasteiger partial charge in [0.15, 0.2) is 11.6 Å². The van der Waals surface area contributed by atoms with Crippen LogP contribution in [-0.2, 0) is 4.74 Å². The molecule has 1 aromatic heterocycles. The van der Waals surface area contributed by atoms with Crippen LogP contribution < -0.4 is 10.1 Å². The van der Waals surface area contributed by atoms with Gasteiger partial charge in [0.25, 0.3) is 5.91 Å². The Morgan fingerprint density at radius 3 is 2.52 bits per heavy atom. The number of carbonyl (C=O) groups is 1. The van der Waals surface area contributed by atoms with Gasteiger partial charge in [0.2, 0.25) is 0 Å². The van der Waals surface area contributed by atoms with E-state index in [0.29, 0.717) is 23.6 Å². The number of hydrogen-bond acceptors (Lipinski definition) is 4. The van der Waals surface area contributed by atoms with Crippen LogP contribution in [0.4, 0.5) is 10.1 Å². The summed E-state index contributed by atoms with van der Waals surface area (Å²) in [5.74, 6) is -0.853. The summed E-state index contributed by atoms with van der Waals surface area (Å²) in [6, 6.07) is 21.6. The van der Waals surface area contributed by atoms with Gasteiger partial charge in [-0.2, -0.15) is 5.10 Å². The number of anilines is 1. The van der Waals surface area contributed by atoms with Gasteiger partial charge in [0.1, 0.15) is 12.3 Å². The summed E-state index contributed by atoms with van der Waals surface area (Å²) in [5.41, 5.74) is 3.93. The highest BCUT2D eigenvalue weighted by molar-refractivity contribution is 6.08. The van der Waals surface area contributed by atoms with E-state index in [1.54, 1.807) is 24.1 Å². The monoisotopic (exact) mass is 445 g/mol. The van der Waals surface area contributed by atoms with E-state index in [4.69, 9.17) is 14.6 Å². The van der Waals surface area contributed by atoms with E-state index < -0.39 is 5.82 Å². The molecule has 1 heterocycles. The molecule has 0 bridgehead atoms. The second-order valence-corrected chi connectivity index (χ2v) is 7.43. The molecule has 0 saturated carbocycles. The molecule has 3 aromatic carbocycles. The second-order valence-electron chi connectivity index (χ2n) is 7.43. The summed E-state index contributed by atoms with van der Waals surface area (Å²) in [6.07, 6.45) is 1.69. The van der Waals surface area contributed by atoms with Gasteiger partial charge >= 0.3 is 0 Å². The summed E-state index contributed by atoms with van der Waals surface area (Å²) in [7, 11) is 1.55. The van der Waals surface area contributed by atoms with E-state index in [9.17, 15) is 9.18 Å². The molecule has 0 radical (unpaired) electrons. The van der Waals surface area contributed by atoms with Crippen LogP contribution in [0, 0.1) is 12.7 Å². The van der Waals surface area contributed by atoms with E-state index in [1.165, 1.54) is 12.1 Å². The Morgan fingerprint density at radius 2 is 1.79 bits per heavy atom. The SMILES string of the molecule is COCCOc1ccc(NC(=O)c2cn(-c3ccccc3)nc2-c2ccccc2C)cc1F. The van der Waals surface area contributed by atoms with Crippen LogP contribution in [0.2, 0.25) is 0 Å². The second kappa shape index (κ2) is 10.1. The molecule has 0 aliphatic carbocycles. The van der Waals surface area contributed by atoms with Crippen molar-refractivity contribution in [1.29, 1.82) is 0 Å². The zero-order valence-corrected chi connectivity index (χ0v) is 18.4. The zero-order chi connectivity index (χ0) is 23.2. The van der Waals surface area contributed by atoms with E-state index >= 15 is 0 Å². The molecule has 7 heteroatoms. The third kappa shape index (κ3) is 5.10. The molecule has 4 aromatic rings. The lowest BCUT2D eigenvalue weighted by Crippen LogP contribution is -2.13. The van der Waals surface area contributed by atoms with E-state index in [2.05, 4.69) is 5.32 Å². The number of benzene rings is 3. The van der Waals surface area contributed by atoms with Crippen LogP contribution in [-0.4, -0.2) is 36.0 Å². The van der Waals surface area contributed by atoms with Crippen molar-refractivity contribution in [3.8, 4) is 22.7 Å². The summed E-state index contributed by atoms with van der Waals surface area (Å²) < 4.78 is 26.3. The molecule has 0 aliphatic heterocycles. The molecule has 1 N–H and O–H groups in total. The van der Waals surface area contributed by atoms with E-state index in [-0.39, 0.29) is 18.3 Å². The van der Waals surface area contributed by atoms with Crippen molar-refractivity contribution in [1.82, 2.24) is 9.78 Å². The topological polar surface area (TPSA) is 65.4 Å². The van der Waals surface area contributed by atoms with Gasteiger partial charge < -0.3 is 14.8 Å². The smallest absolute Gasteiger partial charge is 0.259 e. The number of carbonyl (C=O) groups excluding carboxylic acids is 1. The van der Waals surface area contributed by atoms with Crippen LogP contribution in [0.25, 0.3) is 16.9 Å². The van der Waals surface area contributed by atoms with Crippen molar-refractivity contribution in [3.05, 3.63) is 95.9 Å². The maximum atomic E-state index is 14.4. The highest BCUT2D eigenvalue weighted by Crippen LogP contribution is 2.28. The van der Waals surface area contributed by atoms with Crippen LogP contribution in [0.3, 0.4) is 0 Å². The fraction of sp³-hybridized carbons (Fsp3) is 0.154. The van der Waals surface area contributed by atoms with Gasteiger partial charge in [-0.05, 0) is 36.8 Å². The molecule has 4 rings (SSSR count). The number of methoxy groups -OCH3 is 1. The lowest BCUT2D eigenvalue weighted by Gasteiger charge is -2.10. The number of aryl methyl sites for hydroxylation is 1. The first-order chi connectivity index (χ1) is 16.1. The molecule has 33 heavy (non-hydrogen) atoms. The van der Waals surface area contributed by atoms with Crippen LogP contribution >= 0.6 is 0 Å². The Labute approximate surface area is 191 Å². The predicted octanol–water partition coefficient (Wildman–Crippen LogP) is 5.26. The Kier molecular flexibility index (Phi) is 6.80. The fourth-order valence-electron chi connectivity index (χ4n) is 3.42. The minimum atomic E-state index is -0.567. The molecule has 168 valence electrons. The van der Waals surface area contributed by atoms with Gasteiger partial charge in [0.05, 0.1) is 17.9 Å². The number of ether oxygens (including phenoxy) is 2. The Balaban J connectivity index is 1.65. The van der Waals surface area contributed by atoms with Crippen molar-refractivity contribution >= 4 is 11.6 Å². The molecule has 0 unspecified atom stereocenters. The minimum Gasteiger partial charge on any atom is -0.488 e. The number of amides is 1. The standard InChI is InChI=1S/C26H24FN3O3/c1-18-8-6-7-11-21(18)25-22(17-30(29-25)20-9-4-3-5-10-20)26(31)28-19-12-13-24(23(27)16-19)33-15-14-32-2/h3-13,16-17H,14-15H2,1-2H3,(H,28,31). The van der Waals surface area contributed by atoms with Crippen molar-refractivity contribution in [3.63, 3.8) is 0 Å². The molecule has 1 amide bonds. The number of nitrogens with zero attached hydrogens (tertiary/aromatic N) is 2. The molecular weight excluding hydrogens is 421 g/mol. The Bertz CT molecular complexity index is 1250. The third-order valence-electron chi connectivity index (χ3n) is 5.11. The summed E-state index contributed by atoms with van der Waals surface area (Å²) in [5, 5.41) is 7.47. The Hall–Kier alpha value is -3.97. The molecular formula is C26H24FN3O3. The lowest BCUT2D eigenvalue weighted by atomic mass is 10.0. The summed E-state index contributed by atoms with van der Waals surface area (Å²) in [4.78, 5) is 13.2. The van der Waals surface area contributed by atoms with Gasteiger partial charge in [0, 0.05) is 30.6 Å². The molecule has 0 saturated heterocycles. The van der Waals surface area contributed by atoms with Crippen LogP contribution in [0.5, 0.6) is 5.75 Å². The third-order valence-corrected chi connectivity index (χ3v) is 5.11. The predicted molar refractivity (Wildman–Crippen MR) is 125 cm³/mol. The van der Waals surface area contributed by atoms with Crippen molar-refractivity contribution in [2.24, 2.45) is 0 Å². The van der Waals surface area contributed by atoms with E-state index in [1.807, 2.05) is 61.5 Å². The van der Waals surface area contributed by atoms with Crippen LogP contribution in [0.15, 0.2) is 79.0 Å². The van der Waals surface area contributed by atoms with Gasteiger partial charge in [-0.15, -0.1) is 0 Å². The van der Waals surface area contributed by atoms with Crippen molar-refractivity contribution in [2.75, 3.05) is 25.6 Å². The number of para-hydroxylation sites is 1. The first-order valence-electron chi connectivity index (χ1n) is 10.5. The largest absolute Gasteiger partial charge is 0.488 e.